The van der Waals surface area contributed by atoms with Gasteiger partial charge in [0, 0.05) is 12.5 Å². The van der Waals surface area contributed by atoms with Crippen molar-refractivity contribution in [2.75, 3.05) is 19.8 Å². The van der Waals surface area contributed by atoms with Gasteiger partial charge in [0.2, 0.25) is 0 Å². The summed E-state index contributed by atoms with van der Waals surface area (Å²) in [5.74, 6) is 1.83. The van der Waals surface area contributed by atoms with E-state index in [1.807, 2.05) is 0 Å². The van der Waals surface area contributed by atoms with Crippen LogP contribution in [0.5, 0.6) is 11.5 Å². The van der Waals surface area contributed by atoms with Crippen LogP contribution in [0.15, 0.2) is 12.1 Å². The van der Waals surface area contributed by atoms with Gasteiger partial charge in [-0.05, 0) is 41.6 Å². The van der Waals surface area contributed by atoms with Crippen LogP contribution < -0.4 is 14.8 Å². The lowest BCUT2D eigenvalue weighted by atomic mass is 9.86. The van der Waals surface area contributed by atoms with Crippen LogP contribution in [-0.4, -0.2) is 19.8 Å². The average molecular weight is 261 g/mol. The van der Waals surface area contributed by atoms with Crippen LogP contribution >= 0.6 is 0 Å². The smallest absolute Gasteiger partial charge is 0.161 e. The van der Waals surface area contributed by atoms with Gasteiger partial charge in [0.25, 0.3) is 0 Å². The minimum Gasteiger partial charge on any atom is -0.490 e. The van der Waals surface area contributed by atoms with Crippen LogP contribution in [0.25, 0.3) is 0 Å². The minimum absolute atomic E-state index is 0.201. The summed E-state index contributed by atoms with van der Waals surface area (Å²) in [6.07, 6.45) is 2.10. The predicted octanol–water partition coefficient (Wildman–Crippen LogP) is 3.18. The number of hydrogen-bond acceptors (Lipinski definition) is 3. The number of hydrogen-bond donors (Lipinski definition) is 1. The minimum atomic E-state index is 0.201. The zero-order valence-corrected chi connectivity index (χ0v) is 12.1. The van der Waals surface area contributed by atoms with Crippen LogP contribution in [0.2, 0.25) is 0 Å². The summed E-state index contributed by atoms with van der Waals surface area (Å²) < 4.78 is 11.6. The molecule has 1 N–H and O–H groups in total. The molecule has 0 spiro atoms. The molecule has 1 aromatic rings. The van der Waals surface area contributed by atoms with Crippen molar-refractivity contribution < 1.29 is 9.47 Å². The van der Waals surface area contributed by atoms with Crippen molar-refractivity contribution in [3.8, 4) is 11.5 Å². The fourth-order valence-electron chi connectivity index (χ4n) is 3.26. The molecule has 0 amide bonds. The number of rotatable bonds is 2. The van der Waals surface area contributed by atoms with Crippen LogP contribution in [0.4, 0.5) is 0 Å². The van der Waals surface area contributed by atoms with E-state index >= 15 is 0 Å². The fourth-order valence-corrected chi connectivity index (χ4v) is 3.26. The van der Waals surface area contributed by atoms with Gasteiger partial charge < -0.3 is 14.8 Å². The molecule has 0 fully saturated rings. The molecule has 1 aromatic carbocycles. The molecule has 2 aliphatic rings. The van der Waals surface area contributed by atoms with E-state index in [4.69, 9.17) is 9.47 Å². The second-order valence-corrected chi connectivity index (χ2v) is 6.13. The Morgan fingerprint density at radius 3 is 2.58 bits per heavy atom. The van der Waals surface area contributed by atoms with E-state index in [1.54, 1.807) is 0 Å². The van der Waals surface area contributed by atoms with Gasteiger partial charge in [0.05, 0.1) is 13.2 Å². The Kier molecular flexibility index (Phi) is 3.17. The summed E-state index contributed by atoms with van der Waals surface area (Å²) in [7, 11) is 0. The average Bonchev–Trinajstić information content (AvgIpc) is 2.56. The van der Waals surface area contributed by atoms with Gasteiger partial charge in [-0.1, -0.05) is 20.8 Å². The largest absolute Gasteiger partial charge is 0.490 e. The second kappa shape index (κ2) is 4.71. The lowest BCUT2D eigenvalue weighted by Crippen LogP contribution is -2.20. The molecule has 19 heavy (non-hydrogen) atoms. The number of fused-ring (bicyclic) bond motifs is 2. The lowest BCUT2D eigenvalue weighted by Gasteiger charge is -2.20. The Morgan fingerprint density at radius 2 is 1.89 bits per heavy atom. The normalized spacial score (nSPS) is 23.8. The number of ether oxygens (including phenoxy) is 2. The first kappa shape index (κ1) is 12.8. The molecule has 1 aliphatic carbocycles. The van der Waals surface area contributed by atoms with E-state index in [2.05, 4.69) is 38.2 Å². The molecule has 0 aromatic heterocycles. The topological polar surface area (TPSA) is 30.5 Å². The Labute approximate surface area is 115 Å². The first-order valence-electron chi connectivity index (χ1n) is 7.29. The lowest BCUT2D eigenvalue weighted by molar-refractivity contribution is 0.296. The zero-order valence-electron chi connectivity index (χ0n) is 12.1. The van der Waals surface area contributed by atoms with Crippen molar-refractivity contribution in [3.05, 3.63) is 23.3 Å². The van der Waals surface area contributed by atoms with E-state index in [1.165, 1.54) is 11.1 Å². The van der Waals surface area contributed by atoms with Gasteiger partial charge in [0.1, 0.15) is 0 Å². The molecule has 0 bridgehead atoms. The monoisotopic (exact) mass is 261 g/mol. The van der Waals surface area contributed by atoms with Crippen molar-refractivity contribution in [2.24, 2.45) is 0 Å². The van der Waals surface area contributed by atoms with Gasteiger partial charge in [-0.15, -0.1) is 0 Å². The SMILES string of the molecule is CCNC1CC(C)(C)c2cc3c(cc21)OCCCO3. The first-order valence-corrected chi connectivity index (χ1v) is 7.29. The highest BCUT2D eigenvalue weighted by molar-refractivity contribution is 5.53. The molecule has 1 atom stereocenters. The Balaban J connectivity index is 2.05. The van der Waals surface area contributed by atoms with Gasteiger partial charge in [-0.25, -0.2) is 0 Å². The molecule has 1 heterocycles. The number of nitrogens with one attached hydrogen (secondary N) is 1. The third-order valence-electron chi connectivity index (χ3n) is 4.19. The van der Waals surface area contributed by atoms with Crippen molar-refractivity contribution in [1.29, 1.82) is 0 Å². The molecule has 1 aliphatic heterocycles. The van der Waals surface area contributed by atoms with Crippen LogP contribution in [0.1, 0.15) is 50.8 Å². The molecule has 3 rings (SSSR count). The van der Waals surface area contributed by atoms with Crippen LogP contribution in [-0.2, 0) is 5.41 Å². The molecule has 3 nitrogen and oxygen atoms in total. The molecule has 104 valence electrons. The summed E-state index contributed by atoms with van der Waals surface area (Å²) in [6.45, 7) is 9.28. The van der Waals surface area contributed by atoms with Gasteiger partial charge >= 0.3 is 0 Å². The van der Waals surface area contributed by atoms with Crippen molar-refractivity contribution >= 4 is 0 Å². The Hall–Kier alpha value is -1.22. The highest BCUT2D eigenvalue weighted by atomic mass is 16.5. The summed E-state index contributed by atoms with van der Waals surface area (Å²) >= 11 is 0. The summed E-state index contributed by atoms with van der Waals surface area (Å²) in [4.78, 5) is 0. The van der Waals surface area contributed by atoms with Crippen molar-refractivity contribution in [2.45, 2.75) is 45.1 Å². The van der Waals surface area contributed by atoms with E-state index in [-0.39, 0.29) is 5.41 Å². The summed E-state index contributed by atoms with van der Waals surface area (Å²) in [6, 6.07) is 4.83. The highest BCUT2D eigenvalue weighted by Gasteiger charge is 2.37. The fraction of sp³-hybridized carbons (Fsp3) is 0.625. The maximum absolute atomic E-state index is 5.82. The molecular formula is C16H23NO2. The molecule has 0 radical (unpaired) electrons. The molecule has 0 saturated carbocycles. The van der Waals surface area contributed by atoms with E-state index in [0.717, 1.165) is 44.1 Å². The summed E-state index contributed by atoms with van der Waals surface area (Å²) in [5.41, 5.74) is 2.99. The van der Waals surface area contributed by atoms with Crippen LogP contribution in [0.3, 0.4) is 0 Å². The van der Waals surface area contributed by atoms with Crippen molar-refractivity contribution in [1.82, 2.24) is 5.32 Å². The molecule has 0 saturated heterocycles. The third kappa shape index (κ3) is 2.20. The predicted molar refractivity (Wildman–Crippen MR) is 76.1 cm³/mol. The zero-order chi connectivity index (χ0) is 13.5. The third-order valence-corrected chi connectivity index (χ3v) is 4.19. The standard InChI is InChI=1S/C16H23NO2/c1-4-17-13-10-16(2,3)12-9-15-14(8-11(12)13)18-6-5-7-19-15/h8-9,13,17H,4-7,10H2,1-3H3. The first-order chi connectivity index (χ1) is 9.12. The highest BCUT2D eigenvalue weighted by Crippen LogP contribution is 2.48. The van der Waals surface area contributed by atoms with E-state index < -0.39 is 0 Å². The quantitative estimate of drug-likeness (QED) is 0.887. The number of benzene rings is 1. The van der Waals surface area contributed by atoms with E-state index in [9.17, 15) is 0 Å². The van der Waals surface area contributed by atoms with Crippen molar-refractivity contribution in [3.63, 3.8) is 0 Å². The second-order valence-electron chi connectivity index (χ2n) is 6.13. The van der Waals surface area contributed by atoms with Gasteiger partial charge in [-0.2, -0.15) is 0 Å². The van der Waals surface area contributed by atoms with Gasteiger partial charge in [-0.3, -0.25) is 0 Å². The van der Waals surface area contributed by atoms with Gasteiger partial charge in [0.15, 0.2) is 11.5 Å². The Morgan fingerprint density at radius 1 is 1.21 bits per heavy atom. The molecule has 1 unspecified atom stereocenters. The maximum Gasteiger partial charge on any atom is 0.161 e. The summed E-state index contributed by atoms with van der Waals surface area (Å²) in [5, 5.41) is 3.58. The maximum atomic E-state index is 5.82. The molecule has 3 heteroatoms. The molecular weight excluding hydrogens is 238 g/mol. The Bertz CT molecular complexity index is 482. The van der Waals surface area contributed by atoms with Crippen LogP contribution in [0, 0.1) is 0 Å². The van der Waals surface area contributed by atoms with E-state index in [0.29, 0.717) is 6.04 Å².